The maximum atomic E-state index is 11.6. The van der Waals surface area contributed by atoms with Gasteiger partial charge in [-0.2, -0.15) is 4.98 Å². The summed E-state index contributed by atoms with van der Waals surface area (Å²) in [5.74, 6) is 0.767. The summed E-state index contributed by atoms with van der Waals surface area (Å²) in [5, 5.41) is 6.58. The molecule has 144 valence electrons. The van der Waals surface area contributed by atoms with Crippen molar-refractivity contribution in [2.45, 2.75) is 13.3 Å². The lowest BCUT2D eigenvalue weighted by molar-refractivity contribution is 0.0963. The fraction of sp³-hybridized carbons (Fsp3) is 0.190. The molecule has 0 aliphatic heterocycles. The number of hydrogen-bond donors (Lipinski definition) is 3. The van der Waals surface area contributed by atoms with Gasteiger partial charge in [-0.3, -0.25) is 4.79 Å². The van der Waals surface area contributed by atoms with Crippen molar-refractivity contribution in [1.82, 2.24) is 15.3 Å². The van der Waals surface area contributed by atoms with Gasteiger partial charge in [0.25, 0.3) is 5.91 Å². The molecular weight excluding hydrogens is 374 g/mol. The quantitative estimate of drug-likeness (QED) is 0.591. The highest BCUT2D eigenvalue weighted by atomic mass is 35.5. The second kappa shape index (κ2) is 8.71. The van der Waals surface area contributed by atoms with Crippen LogP contribution in [0.2, 0.25) is 5.02 Å². The maximum Gasteiger partial charge on any atom is 0.251 e. The first kappa shape index (κ1) is 19.6. The Labute approximate surface area is 169 Å². The number of nitrogens with one attached hydrogen (secondary N) is 2. The van der Waals surface area contributed by atoms with Crippen molar-refractivity contribution in [2.75, 3.05) is 24.6 Å². The highest BCUT2D eigenvalue weighted by Crippen LogP contribution is 2.28. The Balaban J connectivity index is 1.69. The number of hydrogen-bond acceptors (Lipinski definition) is 5. The fourth-order valence-electron chi connectivity index (χ4n) is 2.88. The molecule has 1 amide bonds. The van der Waals surface area contributed by atoms with Gasteiger partial charge in [0.05, 0.1) is 5.69 Å². The first-order valence-electron chi connectivity index (χ1n) is 8.93. The van der Waals surface area contributed by atoms with E-state index in [0.717, 1.165) is 28.8 Å². The molecule has 1 aromatic heterocycles. The molecule has 0 saturated carbocycles. The minimum Gasteiger partial charge on any atom is -0.370 e. The zero-order valence-electron chi connectivity index (χ0n) is 15.8. The average molecular weight is 396 g/mol. The minimum absolute atomic E-state index is 0.0926. The number of nitrogens with zero attached hydrogens (tertiary/aromatic N) is 2. The number of anilines is 2. The Kier molecular flexibility index (Phi) is 6.11. The molecule has 0 fully saturated rings. The molecule has 28 heavy (non-hydrogen) atoms. The third-order valence-electron chi connectivity index (χ3n) is 4.45. The smallest absolute Gasteiger partial charge is 0.251 e. The summed E-state index contributed by atoms with van der Waals surface area (Å²) >= 11 is 6.22. The number of nitrogen functional groups attached to an aromatic ring is 1. The van der Waals surface area contributed by atoms with E-state index in [1.807, 2.05) is 55.5 Å². The van der Waals surface area contributed by atoms with Gasteiger partial charge >= 0.3 is 0 Å². The Hall–Kier alpha value is -3.12. The fourth-order valence-corrected chi connectivity index (χ4v) is 3.06. The molecule has 7 heteroatoms. The average Bonchev–Trinajstić information content (AvgIpc) is 2.69. The van der Waals surface area contributed by atoms with E-state index < -0.39 is 0 Å². The van der Waals surface area contributed by atoms with Gasteiger partial charge in [0.15, 0.2) is 0 Å². The van der Waals surface area contributed by atoms with Crippen LogP contribution in [-0.2, 0) is 6.42 Å². The molecule has 1 heterocycles. The van der Waals surface area contributed by atoms with Crippen LogP contribution in [0.1, 0.15) is 21.5 Å². The van der Waals surface area contributed by atoms with Crippen LogP contribution >= 0.6 is 11.6 Å². The van der Waals surface area contributed by atoms with E-state index in [0.29, 0.717) is 22.9 Å². The van der Waals surface area contributed by atoms with Crippen LogP contribution in [-0.4, -0.2) is 29.5 Å². The van der Waals surface area contributed by atoms with Crippen LogP contribution in [0.5, 0.6) is 0 Å². The van der Waals surface area contributed by atoms with E-state index in [2.05, 4.69) is 20.6 Å². The predicted molar refractivity (Wildman–Crippen MR) is 114 cm³/mol. The van der Waals surface area contributed by atoms with Gasteiger partial charge in [0.1, 0.15) is 5.82 Å². The maximum absolute atomic E-state index is 11.6. The summed E-state index contributed by atoms with van der Waals surface area (Å²) < 4.78 is 0. The first-order valence-corrected chi connectivity index (χ1v) is 9.30. The normalized spacial score (nSPS) is 10.5. The summed E-state index contributed by atoms with van der Waals surface area (Å²) in [6, 6.07) is 15.1. The molecular formula is C21H22ClN5O. The first-order chi connectivity index (χ1) is 13.5. The Morgan fingerprint density at radius 2 is 1.89 bits per heavy atom. The number of benzene rings is 2. The van der Waals surface area contributed by atoms with Gasteiger partial charge in [0.2, 0.25) is 5.95 Å². The highest BCUT2D eigenvalue weighted by Gasteiger charge is 2.09. The molecule has 0 radical (unpaired) electrons. The van der Waals surface area contributed by atoms with Crippen molar-refractivity contribution < 1.29 is 4.79 Å². The SMILES string of the molecule is CNC(=O)c1ccc(CCNc2cc(-c3cccc(Cl)c3C)nc(N)n2)cc1. The lowest BCUT2D eigenvalue weighted by Gasteiger charge is -2.11. The molecule has 0 spiro atoms. The molecule has 0 saturated heterocycles. The zero-order chi connectivity index (χ0) is 20.1. The Bertz CT molecular complexity index is 989. The van der Waals surface area contributed by atoms with Crippen molar-refractivity contribution in [3.8, 4) is 11.3 Å². The van der Waals surface area contributed by atoms with E-state index in [-0.39, 0.29) is 11.9 Å². The summed E-state index contributed by atoms with van der Waals surface area (Å²) in [6.45, 7) is 2.62. The van der Waals surface area contributed by atoms with Crippen LogP contribution in [0.15, 0.2) is 48.5 Å². The second-order valence-electron chi connectivity index (χ2n) is 6.36. The molecule has 0 aliphatic rings. The molecule has 3 rings (SSSR count). The van der Waals surface area contributed by atoms with Crippen LogP contribution in [0.3, 0.4) is 0 Å². The number of nitrogens with two attached hydrogens (primary N) is 1. The van der Waals surface area contributed by atoms with E-state index in [9.17, 15) is 4.79 Å². The molecule has 4 N–H and O–H groups in total. The van der Waals surface area contributed by atoms with Gasteiger partial charge in [-0.25, -0.2) is 4.98 Å². The summed E-state index contributed by atoms with van der Waals surface area (Å²) in [4.78, 5) is 20.2. The van der Waals surface area contributed by atoms with E-state index in [1.54, 1.807) is 7.05 Å². The van der Waals surface area contributed by atoms with Crippen molar-refractivity contribution in [3.05, 3.63) is 70.2 Å². The lowest BCUT2D eigenvalue weighted by atomic mass is 10.1. The van der Waals surface area contributed by atoms with Gasteiger partial charge < -0.3 is 16.4 Å². The number of carbonyl (C=O) groups excluding carboxylic acids is 1. The van der Waals surface area contributed by atoms with Crippen molar-refractivity contribution in [2.24, 2.45) is 0 Å². The standard InChI is InChI=1S/C21H22ClN5O/c1-13-16(4-3-5-17(13)22)18-12-19(27-21(23)26-18)25-11-10-14-6-8-15(9-7-14)20(28)24-2/h3-9,12H,10-11H2,1-2H3,(H,24,28)(H3,23,25,26,27). The van der Waals surface area contributed by atoms with Gasteiger partial charge in [0, 0.05) is 35.8 Å². The minimum atomic E-state index is -0.0926. The number of amides is 1. The van der Waals surface area contributed by atoms with Gasteiger partial charge in [-0.15, -0.1) is 0 Å². The van der Waals surface area contributed by atoms with Crippen LogP contribution in [0.4, 0.5) is 11.8 Å². The lowest BCUT2D eigenvalue weighted by Crippen LogP contribution is -2.17. The van der Waals surface area contributed by atoms with Crippen LogP contribution in [0.25, 0.3) is 11.3 Å². The van der Waals surface area contributed by atoms with E-state index in [1.165, 1.54) is 0 Å². The van der Waals surface area contributed by atoms with Crippen molar-refractivity contribution >= 4 is 29.3 Å². The topological polar surface area (TPSA) is 92.9 Å². The van der Waals surface area contributed by atoms with Crippen LogP contribution in [0, 0.1) is 6.92 Å². The monoisotopic (exact) mass is 395 g/mol. The molecule has 3 aromatic rings. The largest absolute Gasteiger partial charge is 0.370 e. The van der Waals surface area contributed by atoms with Crippen molar-refractivity contribution in [1.29, 1.82) is 0 Å². The van der Waals surface area contributed by atoms with E-state index >= 15 is 0 Å². The van der Waals surface area contributed by atoms with Crippen LogP contribution < -0.4 is 16.4 Å². The molecule has 0 aliphatic carbocycles. The Morgan fingerprint density at radius 3 is 2.61 bits per heavy atom. The van der Waals surface area contributed by atoms with E-state index in [4.69, 9.17) is 17.3 Å². The van der Waals surface area contributed by atoms with Gasteiger partial charge in [-0.05, 0) is 42.7 Å². The summed E-state index contributed by atoms with van der Waals surface area (Å²) in [6.07, 6.45) is 0.781. The number of aromatic nitrogens is 2. The molecule has 2 aromatic carbocycles. The summed E-state index contributed by atoms with van der Waals surface area (Å²) in [5.41, 5.74) is 10.3. The third kappa shape index (κ3) is 4.58. The molecule has 0 atom stereocenters. The highest BCUT2D eigenvalue weighted by molar-refractivity contribution is 6.31. The molecule has 6 nitrogen and oxygen atoms in total. The second-order valence-corrected chi connectivity index (χ2v) is 6.77. The van der Waals surface area contributed by atoms with Crippen molar-refractivity contribution in [3.63, 3.8) is 0 Å². The zero-order valence-corrected chi connectivity index (χ0v) is 16.5. The number of halogens is 1. The number of rotatable bonds is 6. The third-order valence-corrected chi connectivity index (χ3v) is 4.86. The Morgan fingerprint density at radius 1 is 1.14 bits per heavy atom. The predicted octanol–water partition coefficient (Wildman–Crippen LogP) is 3.70. The number of carbonyl (C=O) groups is 1. The molecule has 0 bridgehead atoms. The summed E-state index contributed by atoms with van der Waals surface area (Å²) in [7, 11) is 1.62. The van der Waals surface area contributed by atoms with Gasteiger partial charge in [-0.1, -0.05) is 35.9 Å². The molecule has 0 unspecified atom stereocenters.